The van der Waals surface area contributed by atoms with Crippen LogP contribution in [-0.4, -0.2) is 29.4 Å². The number of hydrogen-bond donors (Lipinski definition) is 1. The third-order valence-corrected chi connectivity index (χ3v) is 1.35. The molecule has 0 rings (SSSR count). The summed E-state index contributed by atoms with van der Waals surface area (Å²) in [5.74, 6) is 0.148. The van der Waals surface area contributed by atoms with Gasteiger partial charge in [0.1, 0.15) is 12.3 Å². The SMILES string of the molecule is CON=C(Cl)CC(O)CCl. The number of aliphatic hydroxyl groups excluding tert-OH is 1. The quantitative estimate of drug-likeness (QED) is 0.406. The first-order chi connectivity index (χ1) is 4.70. The molecule has 0 saturated heterocycles. The third kappa shape index (κ3) is 4.85. The van der Waals surface area contributed by atoms with Crippen LogP contribution in [0.5, 0.6) is 0 Å². The Morgan fingerprint density at radius 3 is 2.80 bits per heavy atom. The van der Waals surface area contributed by atoms with Crippen molar-refractivity contribution in [2.45, 2.75) is 12.5 Å². The van der Waals surface area contributed by atoms with Crippen LogP contribution < -0.4 is 0 Å². The molecule has 0 amide bonds. The van der Waals surface area contributed by atoms with E-state index in [-0.39, 0.29) is 17.5 Å². The first-order valence-corrected chi connectivity index (χ1v) is 3.61. The number of nitrogens with zero attached hydrogens (tertiary/aromatic N) is 1. The zero-order valence-electron chi connectivity index (χ0n) is 5.55. The van der Waals surface area contributed by atoms with Gasteiger partial charge in [-0.15, -0.1) is 11.6 Å². The summed E-state index contributed by atoms with van der Waals surface area (Å²) in [6.07, 6.45) is -0.410. The van der Waals surface area contributed by atoms with Crippen LogP contribution in [0.2, 0.25) is 0 Å². The molecular formula is C5H9Cl2NO2. The van der Waals surface area contributed by atoms with Crippen LogP contribution in [0.3, 0.4) is 0 Å². The number of rotatable bonds is 4. The van der Waals surface area contributed by atoms with Gasteiger partial charge in [-0.2, -0.15) is 0 Å². The van der Waals surface area contributed by atoms with E-state index in [1.807, 2.05) is 0 Å². The lowest BCUT2D eigenvalue weighted by atomic mass is 10.3. The van der Waals surface area contributed by atoms with Crippen molar-refractivity contribution in [1.29, 1.82) is 0 Å². The second-order valence-corrected chi connectivity index (χ2v) is 2.41. The van der Waals surface area contributed by atoms with Crippen LogP contribution in [0.4, 0.5) is 0 Å². The van der Waals surface area contributed by atoms with Crippen LogP contribution in [0, 0.1) is 0 Å². The maximum atomic E-state index is 8.90. The molecule has 1 atom stereocenters. The average Bonchev–Trinajstić information content (AvgIpc) is 1.88. The van der Waals surface area contributed by atoms with Crippen molar-refractivity contribution in [1.82, 2.24) is 0 Å². The monoisotopic (exact) mass is 185 g/mol. The van der Waals surface area contributed by atoms with Gasteiger partial charge in [-0.25, -0.2) is 0 Å². The molecule has 0 radical (unpaired) electrons. The summed E-state index contributed by atoms with van der Waals surface area (Å²) in [7, 11) is 1.38. The number of alkyl halides is 1. The summed E-state index contributed by atoms with van der Waals surface area (Å²) < 4.78 is 0. The molecule has 10 heavy (non-hydrogen) atoms. The highest BCUT2D eigenvalue weighted by Crippen LogP contribution is 2.00. The van der Waals surface area contributed by atoms with Gasteiger partial charge in [-0.3, -0.25) is 0 Å². The van der Waals surface area contributed by atoms with Gasteiger partial charge in [-0.1, -0.05) is 16.8 Å². The molecule has 0 aliphatic heterocycles. The van der Waals surface area contributed by atoms with Gasteiger partial charge in [0.2, 0.25) is 0 Å². The molecule has 0 spiro atoms. The fourth-order valence-corrected chi connectivity index (χ4v) is 0.742. The van der Waals surface area contributed by atoms with E-state index in [2.05, 4.69) is 9.99 Å². The average molecular weight is 186 g/mol. The summed E-state index contributed by atoms with van der Waals surface area (Å²) in [5.41, 5.74) is 0. The van der Waals surface area contributed by atoms with Crippen molar-refractivity contribution >= 4 is 28.4 Å². The number of aliphatic hydroxyl groups is 1. The Kier molecular flexibility index (Phi) is 5.78. The number of halogens is 2. The fourth-order valence-electron chi connectivity index (χ4n) is 0.385. The summed E-state index contributed by atoms with van der Waals surface area (Å²) >= 11 is 10.8. The molecule has 0 aromatic heterocycles. The summed E-state index contributed by atoms with van der Waals surface area (Å²) in [4.78, 5) is 4.35. The Morgan fingerprint density at radius 2 is 2.40 bits per heavy atom. The molecule has 0 aromatic carbocycles. The van der Waals surface area contributed by atoms with Crippen LogP contribution in [0.15, 0.2) is 5.16 Å². The molecule has 0 heterocycles. The van der Waals surface area contributed by atoms with Gasteiger partial charge in [0.15, 0.2) is 0 Å². The highest BCUT2D eigenvalue weighted by Gasteiger charge is 2.05. The van der Waals surface area contributed by atoms with Crippen LogP contribution in [-0.2, 0) is 4.84 Å². The molecule has 1 unspecified atom stereocenters. The summed E-state index contributed by atoms with van der Waals surface area (Å²) in [6, 6.07) is 0. The highest BCUT2D eigenvalue weighted by atomic mass is 35.5. The minimum atomic E-state index is -0.645. The maximum absolute atomic E-state index is 8.90. The zero-order valence-corrected chi connectivity index (χ0v) is 7.06. The first-order valence-electron chi connectivity index (χ1n) is 2.70. The standard InChI is InChI=1S/C5H9Cl2NO2/c1-10-8-5(7)2-4(9)3-6/h4,9H,2-3H2,1H3. The Morgan fingerprint density at radius 1 is 1.80 bits per heavy atom. The lowest BCUT2D eigenvalue weighted by molar-refractivity contribution is 0.195. The fraction of sp³-hybridized carbons (Fsp3) is 0.800. The van der Waals surface area contributed by atoms with E-state index in [1.54, 1.807) is 0 Å². The van der Waals surface area contributed by atoms with E-state index in [9.17, 15) is 0 Å². The largest absolute Gasteiger partial charge is 0.398 e. The van der Waals surface area contributed by atoms with Crippen LogP contribution >= 0.6 is 23.2 Å². The molecular weight excluding hydrogens is 177 g/mol. The third-order valence-electron chi connectivity index (χ3n) is 0.773. The van der Waals surface area contributed by atoms with E-state index in [1.165, 1.54) is 7.11 Å². The van der Waals surface area contributed by atoms with Crippen LogP contribution in [0.1, 0.15) is 6.42 Å². The Bertz CT molecular complexity index is 118. The normalized spacial score (nSPS) is 15.0. The van der Waals surface area contributed by atoms with Crippen molar-refractivity contribution in [3.05, 3.63) is 0 Å². The molecule has 1 N–H and O–H groups in total. The highest BCUT2D eigenvalue weighted by molar-refractivity contribution is 6.65. The molecule has 0 aromatic rings. The second-order valence-electron chi connectivity index (χ2n) is 1.66. The van der Waals surface area contributed by atoms with Gasteiger partial charge < -0.3 is 9.94 Å². The van der Waals surface area contributed by atoms with E-state index in [0.717, 1.165) is 0 Å². The maximum Gasteiger partial charge on any atom is 0.148 e. The van der Waals surface area contributed by atoms with E-state index in [4.69, 9.17) is 28.3 Å². The molecule has 0 bridgehead atoms. The summed E-state index contributed by atoms with van der Waals surface area (Å²) in [5, 5.41) is 12.5. The lowest BCUT2D eigenvalue weighted by Gasteiger charge is -2.02. The van der Waals surface area contributed by atoms with Crippen molar-refractivity contribution in [3.8, 4) is 0 Å². The van der Waals surface area contributed by atoms with Gasteiger partial charge >= 0.3 is 0 Å². The van der Waals surface area contributed by atoms with Crippen molar-refractivity contribution in [2.24, 2.45) is 5.16 Å². The van der Waals surface area contributed by atoms with Crippen molar-refractivity contribution in [3.63, 3.8) is 0 Å². The van der Waals surface area contributed by atoms with E-state index < -0.39 is 6.10 Å². The Balaban J connectivity index is 3.56. The predicted octanol–water partition coefficient (Wildman–Crippen LogP) is 1.17. The molecule has 0 saturated carbocycles. The van der Waals surface area contributed by atoms with E-state index >= 15 is 0 Å². The minimum absolute atomic E-state index is 0.148. The number of hydrogen-bond acceptors (Lipinski definition) is 3. The second kappa shape index (κ2) is 5.77. The van der Waals surface area contributed by atoms with Gasteiger partial charge in [0.05, 0.1) is 6.10 Å². The van der Waals surface area contributed by atoms with Crippen molar-refractivity contribution < 1.29 is 9.94 Å². The molecule has 5 heteroatoms. The van der Waals surface area contributed by atoms with Crippen molar-refractivity contribution in [2.75, 3.05) is 13.0 Å². The Hall–Kier alpha value is 0.01000. The molecule has 60 valence electrons. The predicted molar refractivity (Wildman–Crippen MR) is 41.6 cm³/mol. The molecule has 0 fully saturated rings. The number of oxime groups is 1. The molecule has 0 aliphatic rings. The molecule has 0 aliphatic carbocycles. The van der Waals surface area contributed by atoms with Gasteiger partial charge in [0, 0.05) is 12.3 Å². The van der Waals surface area contributed by atoms with Gasteiger partial charge in [-0.05, 0) is 0 Å². The topological polar surface area (TPSA) is 41.8 Å². The molecule has 3 nitrogen and oxygen atoms in total. The lowest BCUT2D eigenvalue weighted by Crippen LogP contribution is -2.11. The van der Waals surface area contributed by atoms with Gasteiger partial charge in [0.25, 0.3) is 0 Å². The minimum Gasteiger partial charge on any atom is -0.398 e. The van der Waals surface area contributed by atoms with E-state index in [0.29, 0.717) is 0 Å². The zero-order chi connectivity index (χ0) is 7.98. The first kappa shape index (κ1) is 10.0. The summed E-state index contributed by atoms with van der Waals surface area (Å²) in [6.45, 7) is 0. The van der Waals surface area contributed by atoms with Crippen LogP contribution in [0.25, 0.3) is 0 Å². The smallest absolute Gasteiger partial charge is 0.148 e. The Labute approximate surface area is 69.6 Å².